The molecule has 4 N–H and O–H groups in total. The molecule has 1 aromatic heterocycles. The van der Waals surface area contributed by atoms with E-state index >= 15 is 0 Å². The summed E-state index contributed by atoms with van der Waals surface area (Å²) in [5.74, 6) is -0.733. The van der Waals surface area contributed by atoms with E-state index in [-0.39, 0.29) is 24.5 Å². The largest absolute Gasteiger partial charge is 0.462 e. The summed E-state index contributed by atoms with van der Waals surface area (Å²) in [5.41, 5.74) is 15.7. The maximum Gasteiger partial charge on any atom is 0.331 e. The van der Waals surface area contributed by atoms with Gasteiger partial charge in [-0.05, 0) is 46.6 Å². The third-order valence-electron chi connectivity index (χ3n) is 5.50. The molecular formula is C28H39N3O4S. The van der Waals surface area contributed by atoms with Gasteiger partial charge < -0.3 is 20.9 Å². The van der Waals surface area contributed by atoms with Crippen LogP contribution in [0.1, 0.15) is 57.7 Å². The topological polar surface area (TPSA) is 118 Å². The van der Waals surface area contributed by atoms with E-state index in [0.717, 1.165) is 27.4 Å². The number of hydrogen-bond donors (Lipinski definition) is 2. The lowest BCUT2D eigenvalue weighted by Gasteiger charge is -2.15. The number of ether oxygens (including phenoxy) is 2. The smallest absolute Gasteiger partial charge is 0.331 e. The summed E-state index contributed by atoms with van der Waals surface area (Å²) >= 11 is 1.53. The molecule has 0 saturated heterocycles. The third kappa shape index (κ3) is 11.7. The van der Waals surface area contributed by atoms with Crippen molar-refractivity contribution in [1.82, 2.24) is 4.98 Å². The summed E-state index contributed by atoms with van der Waals surface area (Å²) in [6.07, 6.45) is 14.5. The van der Waals surface area contributed by atoms with Gasteiger partial charge in [-0.15, -0.1) is 11.3 Å². The van der Waals surface area contributed by atoms with Crippen LogP contribution in [-0.2, 0) is 31.9 Å². The minimum atomic E-state index is -0.468. The van der Waals surface area contributed by atoms with Crippen LogP contribution in [0.15, 0.2) is 64.6 Å². The minimum Gasteiger partial charge on any atom is -0.462 e. The molecule has 3 unspecified atom stereocenters. The molecule has 0 aliphatic carbocycles. The van der Waals surface area contributed by atoms with Crippen molar-refractivity contribution in [3.8, 4) is 0 Å². The molecule has 36 heavy (non-hydrogen) atoms. The van der Waals surface area contributed by atoms with E-state index in [1.54, 1.807) is 6.08 Å². The molecule has 1 aliphatic heterocycles. The van der Waals surface area contributed by atoms with Gasteiger partial charge >= 0.3 is 11.9 Å². The Labute approximate surface area is 218 Å². The fourth-order valence-corrected chi connectivity index (χ4v) is 4.57. The lowest BCUT2D eigenvalue weighted by molar-refractivity contribution is -0.148. The van der Waals surface area contributed by atoms with Crippen LogP contribution in [0.4, 0.5) is 0 Å². The zero-order valence-corrected chi connectivity index (χ0v) is 22.6. The van der Waals surface area contributed by atoms with E-state index in [4.69, 9.17) is 25.9 Å². The summed E-state index contributed by atoms with van der Waals surface area (Å²) in [6.45, 7) is 8.21. The number of aryl methyl sites for hydroxylation is 1. The highest BCUT2D eigenvalue weighted by Gasteiger charge is 2.17. The third-order valence-corrected chi connectivity index (χ3v) is 6.42. The van der Waals surface area contributed by atoms with Crippen molar-refractivity contribution in [1.29, 1.82) is 0 Å². The molecule has 1 aromatic rings. The number of cyclic esters (lactones) is 2. The number of rotatable bonds is 4. The quantitative estimate of drug-likeness (QED) is 0.450. The average Bonchev–Trinajstić information content (AvgIpc) is 3.22. The summed E-state index contributed by atoms with van der Waals surface area (Å²) < 4.78 is 11.3. The first-order valence-corrected chi connectivity index (χ1v) is 13.2. The van der Waals surface area contributed by atoms with Crippen molar-refractivity contribution in [2.24, 2.45) is 11.5 Å². The fraction of sp³-hybridized carbons (Fsp3) is 0.464. The summed E-state index contributed by atoms with van der Waals surface area (Å²) in [5, 5.41) is 2.86. The Hall–Kier alpha value is -2.81. The van der Waals surface area contributed by atoms with E-state index in [2.05, 4.69) is 0 Å². The second kappa shape index (κ2) is 15.3. The molecule has 1 aliphatic rings. The summed E-state index contributed by atoms with van der Waals surface area (Å²) in [7, 11) is 0. The van der Waals surface area contributed by atoms with Gasteiger partial charge in [0.25, 0.3) is 0 Å². The fourth-order valence-electron chi connectivity index (χ4n) is 3.69. The Morgan fingerprint density at radius 3 is 2.67 bits per heavy atom. The van der Waals surface area contributed by atoms with Gasteiger partial charge in [-0.25, -0.2) is 9.78 Å². The van der Waals surface area contributed by atoms with Crippen LogP contribution in [-0.4, -0.2) is 41.7 Å². The highest BCUT2D eigenvalue weighted by Crippen LogP contribution is 2.18. The normalized spacial score (nSPS) is 26.3. The Balaban J connectivity index is 2.26. The second-order valence-electron chi connectivity index (χ2n) is 9.22. The van der Waals surface area contributed by atoms with Crippen molar-refractivity contribution >= 4 is 23.3 Å². The number of allylic oxidation sites excluding steroid dienone is 6. The van der Waals surface area contributed by atoms with Gasteiger partial charge in [0.05, 0.1) is 17.1 Å². The number of hydrogen-bond acceptors (Lipinski definition) is 8. The maximum atomic E-state index is 12.6. The number of carbonyl (C=O) groups excluding carboxylic acids is 2. The van der Waals surface area contributed by atoms with Gasteiger partial charge in [0.15, 0.2) is 0 Å². The predicted octanol–water partition coefficient (Wildman–Crippen LogP) is 4.49. The summed E-state index contributed by atoms with van der Waals surface area (Å²) in [6, 6.07) is -0.292. The first-order valence-electron chi connectivity index (χ1n) is 12.3. The van der Waals surface area contributed by atoms with Gasteiger partial charge in [-0.2, -0.15) is 0 Å². The number of aromatic nitrogens is 1. The Morgan fingerprint density at radius 1 is 1.17 bits per heavy atom. The van der Waals surface area contributed by atoms with Crippen molar-refractivity contribution < 1.29 is 19.1 Å². The molecule has 2 bridgehead atoms. The van der Waals surface area contributed by atoms with E-state index < -0.39 is 12.1 Å². The predicted molar refractivity (Wildman–Crippen MR) is 145 cm³/mol. The number of nitrogens with two attached hydrogens (primary N) is 2. The maximum absolute atomic E-state index is 12.6. The molecule has 2 rings (SSSR count). The molecule has 0 radical (unpaired) electrons. The van der Waals surface area contributed by atoms with Gasteiger partial charge in [0, 0.05) is 36.9 Å². The van der Waals surface area contributed by atoms with E-state index in [1.165, 1.54) is 17.4 Å². The van der Waals surface area contributed by atoms with E-state index in [0.29, 0.717) is 32.2 Å². The Morgan fingerprint density at radius 2 is 1.92 bits per heavy atom. The molecule has 8 heteroatoms. The lowest BCUT2D eigenvalue weighted by atomic mass is 10.1. The zero-order chi connectivity index (χ0) is 26.5. The highest BCUT2D eigenvalue weighted by atomic mass is 32.1. The van der Waals surface area contributed by atoms with Crippen LogP contribution in [0.3, 0.4) is 0 Å². The zero-order valence-electron chi connectivity index (χ0n) is 21.7. The number of carbonyl (C=O) groups is 2. The average molecular weight is 514 g/mol. The van der Waals surface area contributed by atoms with Gasteiger partial charge in [0.2, 0.25) is 0 Å². The van der Waals surface area contributed by atoms with Crippen molar-refractivity contribution in [3.05, 3.63) is 75.3 Å². The lowest BCUT2D eigenvalue weighted by Crippen LogP contribution is -2.27. The second-order valence-corrected chi connectivity index (χ2v) is 10.2. The Kier molecular flexibility index (Phi) is 12.5. The Bertz CT molecular complexity index is 1040. The van der Waals surface area contributed by atoms with Crippen LogP contribution in [0, 0.1) is 0 Å². The van der Waals surface area contributed by atoms with Gasteiger partial charge in [0.1, 0.15) is 12.2 Å². The molecule has 0 aromatic carbocycles. The number of esters is 2. The molecular weight excluding hydrogens is 474 g/mol. The van der Waals surface area contributed by atoms with Crippen molar-refractivity contribution in [3.63, 3.8) is 0 Å². The molecule has 0 spiro atoms. The first kappa shape index (κ1) is 29.4. The van der Waals surface area contributed by atoms with Crippen LogP contribution in [0.25, 0.3) is 0 Å². The van der Waals surface area contributed by atoms with Crippen molar-refractivity contribution in [2.75, 3.05) is 6.54 Å². The molecule has 0 amide bonds. The van der Waals surface area contributed by atoms with Crippen LogP contribution >= 0.6 is 11.3 Å². The number of fused-ring (bicyclic) bond motifs is 2. The number of thiazole rings is 1. The van der Waals surface area contributed by atoms with Crippen LogP contribution in [0.5, 0.6) is 0 Å². The number of nitrogens with zero attached hydrogens (tertiary/aromatic N) is 1. The van der Waals surface area contributed by atoms with Gasteiger partial charge in [-0.3, -0.25) is 4.79 Å². The standard InChI is InChI=1S/C28H39N3O4S/c1-19(12-13-29)8-9-21(3)15-25-17-26-31-24(18-36-26)11-10-23(30)16-28(33)34-22(4)14-20(2)6-5-7-27(32)35-25/h5-9,12,15,18,22-23,25H,10-11,13-14,16-17,29-30H2,1-4H3/b7-5-,9-8+,19-12+,20-6+,21-15+. The van der Waals surface area contributed by atoms with Crippen LogP contribution in [0.2, 0.25) is 0 Å². The molecule has 3 atom stereocenters. The molecule has 7 nitrogen and oxygen atoms in total. The summed E-state index contributed by atoms with van der Waals surface area (Å²) in [4.78, 5) is 29.5. The monoisotopic (exact) mass is 513 g/mol. The molecule has 0 saturated carbocycles. The minimum absolute atomic E-state index is 0.173. The molecule has 0 fully saturated rings. The molecule has 196 valence electrons. The highest BCUT2D eigenvalue weighted by molar-refractivity contribution is 7.09. The first-order chi connectivity index (χ1) is 17.1. The van der Waals surface area contributed by atoms with E-state index in [1.807, 2.05) is 63.5 Å². The van der Waals surface area contributed by atoms with Crippen molar-refractivity contribution in [2.45, 2.75) is 78.0 Å². The van der Waals surface area contributed by atoms with E-state index in [9.17, 15) is 9.59 Å². The molecule has 2 heterocycles. The SMILES string of the molecule is CC(/C=C/C(C)=C/C1Cc2nc(cs2)CCC(N)CC(=O)OC(C)C/C(C)=C/C=C\C(=O)O1)=C\CN. The van der Waals surface area contributed by atoms with Crippen LogP contribution < -0.4 is 11.5 Å². The van der Waals surface area contributed by atoms with Gasteiger partial charge in [-0.1, -0.05) is 47.1 Å².